The molecule has 0 spiro atoms. The molecule has 0 amide bonds. The van der Waals surface area contributed by atoms with Crippen LogP contribution < -0.4 is 15.2 Å². The van der Waals surface area contributed by atoms with E-state index in [1.165, 1.54) is 0 Å². The summed E-state index contributed by atoms with van der Waals surface area (Å²) in [5, 5.41) is 12.7. The van der Waals surface area contributed by atoms with E-state index in [2.05, 4.69) is 20.5 Å². The van der Waals surface area contributed by atoms with Gasteiger partial charge in [0, 0.05) is 18.4 Å². The number of imidazole rings is 1. The first kappa shape index (κ1) is 16.9. The number of aromatic nitrogens is 6. The van der Waals surface area contributed by atoms with Crippen molar-refractivity contribution in [2.75, 3.05) is 12.5 Å². The number of nitrogens with one attached hydrogen (secondary N) is 1. The zero-order valence-electron chi connectivity index (χ0n) is 14.7. The second kappa shape index (κ2) is 7.04. The summed E-state index contributed by atoms with van der Waals surface area (Å²) in [6, 6.07) is 13.3. The molecule has 28 heavy (non-hydrogen) atoms. The molecule has 9 nitrogen and oxygen atoms in total. The van der Waals surface area contributed by atoms with Crippen molar-refractivity contribution in [3.8, 4) is 17.2 Å². The highest BCUT2D eigenvalue weighted by Gasteiger charge is 2.16. The van der Waals surface area contributed by atoms with Crippen LogP contribution in [0, 0.1) is 0 Å². The SMILES string of the molecule is O=c1[nH]c2ccccc2n1CCCSc1nnnn1-c1ccc2c(c1)OCO2. The summed E-state index contributed by atoms with van der Waals surface area (Å²) in [7, 11) is 0. The molecule has 0 aliphatic carbocycles. The van der Waals surface area contributed by atoms with Crippen LogP contribution in [-0.4, -0.2) is 42.3 Å². The number of hydrogen-bond donors (Lipinski definition) is 1. The fourth-order valence-corrected chi connectivity index (χ4v) is 3.98. The first-order valence-corrected chi connectivity index (χ1v) is 9.77. The molecular weight excluding hydrogens is 380 g/mol. The molecule has 142 valence electrons. The fourth-order valence-electron chi connectivity index (χ4n) is 3.16. The van der Waals surface area contributed by atoms with Gasteiger partial charge < -0.3 is 14.5 Å². The topological polar surface area (TPSA) is 99.9 Å². The lowest BCUT2D eigenvalue weighted by Gasteiger charge is -2.06. The Labute approximate surface area is 163 Å². The summed E-state index contributed by atoms with van der Waals surface area (Å²) >= 11 is 1.54. The van der Waals surface area contributed by atoms with E-state index in [1.807, 2.05) is 42.5 Å². The Kier molecular flexibility index (Phi) is 4.24. The lowest BCUT2D eigenvalue weighted by molar-refractivity contribution is 0.174. The van der Waals surface area contributed by atoms with E-state index in [-0.39, 0.29) is 12.5 Å². The molecule has 0 atom stereocenters. The molecule has 0 fully saturated rings. The van der Waals surface area contributed by atoms with Crippen molar-refractivity contribution >= 4 is 22.8 Å². The van der Waals surface area contributed by atoms with Crippen molar-refractivity contribution in [1.29, 1.82) is 0 Å². The number of fused-ring (bicyclic) bond motifs is 2. The Hall–Kier alpha value is -3.27. The van der Waals surface area contributed by atoms with Crippen LogP contribution >= 0.6 is 11.8 Å². The zero-order chi connectivity index (χ0) is 18.9. The van der Waals surface area contributed by atoms with E-state index in [1.54, 1.807) is 21.0 Å². The van der Waals surface area contributed by atoms with Crippen LogP contribution in [-0.2, 0) is 6.54 Å². The number of aromatic amines is 1. The summed E-state index contributed by atoms with van der Waals surface area (Å²) in [5.74, 6) is 2.18. The van der Waals surface area contributed by atoms with Crippen LogP contribution in [0.4, 0.5) is 0 Å². The number of tetrazole rings is 1. The van der Waals surface area contributed by atoms with Crippen LogP contribution in [0.1, 0.15) is 6.42 Å². The highest BCUT2D eigenvalue weighted by Crippen LogP contribution is 2.34. The molecule has 1 aliphatic heterocycles. The third-order valence-corrected chi connectivity index (χ3v) is 5.49. The molecule has 1 aliphatic rings. The maximum Gasteiger partial charge on any atom is 0.326 e. The van der Waals surface area contributed by atoms with Crippen molar-refractivity contribution in [1.82, 2.24) is 29.8 Å². The van der Waals surface area contributed by atoms with Gasteiger partial charge in [0.2, 0.25) is 11.9 Å². The summed E-state index contributed by atoms with van der Waals surface area (Å²) in [6.07, 6.45) is 0.806. The number of H-pyrrole nitrogens is 1. The van der Waals surface area contributed by atoms with Crippen molar-refractivity contribution in [3.05, 3.63) is 52.9 Å². The summed E-state index contributed by atoms with van der Waals surface area (Å²) in [6.45, 7) is 0.852. The number of aryl methyl sites for hydroxylation is 1. The minimum Gasteiger partial charge on any atom is -0.454 e. The highest BCUT2D eigenvalue weighted by molar-refractivity contribution is 7.99. The number of hydrogen-bond acceptors (Lipinski definition) is 7. The Morgan fingerprint density at radius 3 is 3.00 bits per heavy atom. The molecule has 0 saturated heterocycles. The van der Waals surface area contributed by atoms with E-state index in [4.69, 9.17) is 9.47 Å². The van der Waals surface area contributed by atoms with E-state index in [0.29, 0.717) is 17.5 Å². The van der Waals surface area contributed by atoms with E-state index < -0.39 is 0 Å². The third kappa shape index (κ3) is 3.01. The summed E-state index contributed by atoms with van der Waals surface area (Å²) < 4.78 is 14.2. The molecule has 10 heteroatoms. The normalized spacial score (nSPS) is 12.7. The van der Waals surface area contributed by atoms with Gasteiger partial charge in [0.25, 0.3) is 0 Å². The average Bonchev–Trinajstić information content (AvgIpc) is 3.43. The predicted octanol–water partition coefficient (Wildman–Crippen LogP) is 2.22. The van der Waals surface area contributed by atoms with Crippen LogP contribution in [0.2, 0.25) is 0 Å². The number of rotatable bonds is 6. The van der Waals surface area contributed by atoms with Gasteiger partial charge in [-0.3, -0.25) is 4.57 Å². The maximum atomic E-state index is 12.1. The number of benzene rings is 2. The van der Waals surface area contributed by atoms with Crippen LogP contribution in [0.3, 0.4) is 0 Å². The standard InChI is InChI=1S/C18H16N6O3S/c25-17-19-13-4-1-2-5-14(13)23(17)8-3-9-28-18-20-21-22-24(18)12-6-7-15-16(10-12)27-11-26-15/h1-2,4-7,10H,3,8-9,11H2,(H,19,25). The molecule has 5 rings (SSSR count). The first-order chi connectivity index (χ1) is 13.8. The minimum atomic E-state index is -0.0867. The largest absolute Gasteiger partial charge is 0.454 e. The molecule has 2 aromatic carbocycles. The Morgan fingerprint density at radius 2 is 2.04 bits per heavy atom. The zero-order valence-corrected chi connectivity index (χ0v) is 15.6. The average molecular weight is 396 g/mol. The van der Waals surface area contributed by atoms with Gasteiger partial charge in [-0.15, -0.1) is 5.10 Å². The first-order valence-electron chi connectivity index (χ1n) is 8.78. The predicted molar refractivity (Wildman–Crippen MR) is 103 cm³/mol. The van der Waals surface area contributed by atoms with Gasteiger partial charge in [0.15, 0.2) is 11.5 Å². The highest BCUT2D eigenvalue weighted by atomic mass is 32.2. The number of ether oxygens (including phenoxy) is 2. The monoisotopic (exact) mass is 396 g/mol. The summed E-state index contributed by atoms with van der Waals surface area (Å²) in [4.78, 5) is 15.0. The van der Waals surface area contributed by atoms with Gasteiger partial charge in [-0.25, -0.2) is 4.79 Å². The van der Waals surface area contributed by atoms with Crippen molar-refractivity contribution in [3.63, 3.8) is 0 Å². The lowest BCUT2D eigenvalue weighted by atomic mass is 10.3. The van der Waals surface area contributed by atoms with E-state index in [0.717, 1.165) is 34.6 Å². The molecule has 3 heterocycles. The van der Waals surface area contributed by atoms with Crippen LogP contribution in [0.5, 0.6) is 11.5 Å². The van der Waals surface area contributed by atoms with Gasteiger partial charge in [-0.05, 0) is 41.1 Å². The second-order valence-corrected chi connectivity index (χ2v) is 7.27. The smallest absolute Gasteiger partial charge is 0.326 e. The van der Waals surface area contributed by atoms with Gasteiger partial charge >= 0.3 is 5.69 Å². The molecule has 1 N–H and O–H groups in total. The molecular formula is C18H16N6O3S. The molecule has 0 saturated carbocycles. The minimum absolute atomic E-state index is 0.0867. The van der Waals surface area contributed by atoms with Gasteiger partial charge in [-0.1, -0.05) is 23.9 Å². The molecule has 0 bridgehead atoms. The maximum absolute atomic E-state index is 12.1. The van der Waals surface area contributed by atoms with Gasteiger partial charge in [0.1, 0.15) is 0 Å². The van der Waals surface area contributed by atoms with Crippen LogP contribution in [0.25, 0.3) is 16.7 Å². The van der Waals surface area contributed by atoms with E-state index in [9.17, 15) is 4.79 Å². The third-order valence-electron chi connectivity index (χ3n) is 4.48. The van der Waals surface area contributed by atoms with Crippen LogP contribution in [0.15, 0.2) is 52.4 Å². The molecule has 4 aromatic rings. The van der Waals surface area contributed by atoms with Gasteiger partial charge in [0.05, 0.1) is 16.7 Å². The quantitative estimate of drug-likeness (QED) is 0.394. The number of para-hydroxylation sites is 2. The Balaban J connectivity index is 1.26. The van der Waals surface area contributed by atoms with E-state index >= 15 is 0 Å². The summed E-state index contributed by atoms with van der Waals surface area (Å²) in [5.41, 5.74) is 2.50. The molecule has 0 unspecified atom stereocenters. The molecule has 2 aromatic heterocycles. The Bertz CT molecular complexity index is 1200. The molecule has 0 radical (unpaired) electrons. The fraction of sp³-hybridized carbons (Fsp3) is 0.222. The second-order valence-electron chi connectivity index (χ2n) is 6.21. The lowest BCUT2D eigenvalue weighted by Crippen LogP contribution is -2.17. The number of nitrogens with zero attached hydrogens (tertiary/aromatic N) is 5. The van der Waals surface area contributed by atoms with Crippen molar-refractivity contribution in [2.24, 2.45) is 0 Å². The Morgan fingerprint density at radius 1 is 1.14 bits per heavy atom. The van der Waals surface area contributed by atoms with Gasteiger partial charge in [-0.2, -0.15) is 4.68 Å². The van der Waals surface area contributed by atoms with Crippen molar-refractivity contribution < 1.29 is 9.47 Å². The van der Waals surface area contributed by atoms with Crippen molar-refractivity contribution in [2.45, 2.75) is 18.1 Å². The number of thioether (sulfide) groups is 1.